The quantitative estimate of drug-likeness (QED) is 0.884. The first-order chi connectivity index (χ1) is 8.56. The highest BCUT2D eigenvalue weighted by Gasteiger charge is 2.46. The van der Waals surface area contributed by atoms with Gasteiger partial charge in [0.25, 0.3) is 5.91 Å². The van der Waals surface area contributed by atoms with Crippen molar-refractivity contribution >= 4 is 23.2 Å². The summed E-state index contributed by atoms with van der Waals surface area (Å²) in [6.45, 7) is 1.90. The molecule has 1 aromatic heterocycles. The van der Waals surface area contributed by atoms with Gasteiger partial charge in [-0.25, -0.2) is 4.79 Å². The third-order valence-electron chi connectivity index (χ3n) is 3.80. The average molecular weight is 267 g/mol. The second-order valence-electron chi connectivity index (χ2n) is 4.89. The van der Waals surface area contributed by atoms with E-state index in [1.165, 1.54) is 11.3 Å². The molecular weight excluding hydrogens is 250 g/mol. The van der Waals surface area contributed by atoms with Crippen molar-refractivity contribution in [2.75, 3.05) is 0 Å². The van der Waals surface area contributed by atoms with Crippen LogP contribution in [0.2, 0.25) is 0 Å². The van der Waals surface area contributed by atoms with Gasteiger partial charge >= 0.3 is 5.97 Å². The average Bonchev–Trinajstić information content (AvgIpc) is 2.85. The van der Waals surface area contributed by atoms with E-state index in [9.17, 15) is 14.7 Å². The largest absolute Gasteiger partial charge is 0.479 e. The van der Waals surface area contributed by atoms with Gasteiger partial charge in [-0.3, -0.25) is 4.79 Å². The molecule has 2 rings (SSSR count). The first-order valence-corrected chi connectivity index (χ1v) is 7.08. The molecule has 2 unspecified atom stereocenters. The topological polar surface area (TPSA) is 66.4 Å². The molecule has 2 atom stereocenters. The molecule has 0 aliphatic heterocycles. The molecule has 98 valence electrons. The van der Waals surface area contributed by atoms with Gasteiger partial charge in [0, 0.05) is 5.38 Å². The maximum Gasteiger partial charge on any atom is 0.329 e. The van der Waals surface area contributed by atoms with Gasteiger partial charge in [0.2, 0.25) is 0 Å². The second kappa shape index (κ2) is 5.10. The van der Waals surface area contributed by atoms with E-state index in [1.54, 1.807) is 11.4 Å². The molecule has 1 saturated carbocycles. The standard InChI is InChI=1S/C13H17NO3S/c1-9-4-2-3-6-13(9,12(16)17)14-11(15)10-5-7-18-8-10/h5,7-9H,2-4,6H2,1H3,(H,14,15)(H,16,17). The van der Waals surface area contributed by atoms with E-state index in [0.717, 1.165) is 19.3 Å². The lowest BCUT2D eigenvalue weighted by Crippen LogP contribution is -2.59. The van der Waals surface area contributed by atoms with Gasteiger partial charge in [0.1, 0.15) is 5.54 Å². The van der Waals surface area contributed by atoms with Crippen molar-refractivity contribution < 1.29 is 14.7 Å². The molecule has 1 aromatic rings. The van der Waals surface area contributed by atoms with E-state index >= 15 is 0 Å². The highest BCUT2D eigenvalue weighted by Crippen LogP contribution is 2.34. The van der Waals surface area contributed by atoms with Gasteiger partial charge in [0.05, 0.1) is 5.56 Å². The van der Waals surface area contributed by atoms with Crippen LogP contribution in [-0.2, 0) is 4.79 Å². The summed E-state index contributed by atoms with van der Waals surface area (Å²) in [6.07, 6.45) is 3.24. The van der Waals surface area contributed by atoms with Crippen molar-refractivity contribution in [2.24, 2.45) is 5.92 Å². The summed E-state index contributed by atoms with van der Waals surface area (Å²) < 4.78 is 0. The number of nitrogens with one attached hydrogen (secondary N) is 1. The van der Waals surface area contributed by atoms with E-state index in [-0.39, 0.29) is 11.8 Å². The fraction of sp³-hybridized carbons (Fsp3) is 0.538. The molecule has 0 spiro atoms. The lowest BCUT2D eigenvalue weighted by molar-refractivity contribution is -0.148. The number of carbonyl (C=O) groups is 2. The smallest absolute Gasteiger partial charge is 0.329 e. The summed E-state index contributed by atoms with van der Waals surface area (Å²) in [4.78, 5) is 23.6. The van der Waals surface area contributed by atoms with E-state index in [4.69, 9.17) is 0 Å². The summed E-state index contributed by atoms with van der Waals surface area (Å²) in [6, 6.07) is 1.71. The molecule has 2 N–H and O–H groups in total. The SMILES string of the molecule is CC1CCCCC1(NC(=O)c1ccsc1)C(=O)O. The Morgan fingerprint density at radius 2 is 2.28 bits per heavy atom. The Bertz CT molecular complexity index is 443. The van der Waals surface area contributed by atoms with Crippen LogP contribution in [-0.4, -0.2) is 22.5 Å². The fourth-order valence-electron chi connectivity index (χ4n) is 2.57. The molecule has 1 heterocycles. The third kappa shape index (κ3) is 2.27. The van der Waals surface area contributed by atoms with E-state index in [0.29, 0.717) is 12.0 Å². The number of hydrogen-bond donors (Lipinski definition) is 2. The number of carbonyl (C=O) groups excluding carboxylic acids is 1. The first-order valence-electron chi connectivity index (χ1n) is 6.14. The summed E-state index contributed by atoms with van der Waals surface area (Å²) in [7, 11) is 0. The maximum absolute atomic E-state index is 12.1. The zero-order valence-corrected chi connectivity index (χ0v) is 11.1. The Morgan fingerprint density at radius 3 is 2.83 bits per heavy atom. The Labute approximate surface area is 110 Å². The minimum atomic E-state index is -1.10. The van der Waals surface area contributed by atoms with Gasteiger partial charge < -0.3 is 10.4 Å². The van der Waals surface area contributed by atoms with Gasteiger partial charge in [-0.2, -0.15) is 11.3 Å². The van der Waals surface area contributed by atoms with Gasteiger partial charge in [0.15, 0.2) is 0 Å². The van der Waals surface area contributed by atoms with Crippen LogP contribution < -0.4 is 5.32 Å². The molecule has 5 heteroatoms. The van der Waals surface area contributed by atoms with Crippen molar-refractivity contribution in [1.82, 2.24) is 5.32 Å². The van der Waals surface area contributed by atoms with Crippen molar-refractivity contribution in [3.63, 3.8) is 0 Å². The normalized spacial score (nSPS) is 27.7. The van der Waals surface area contributed by atoms with Crippen LogP contribution in [0.4, 0.5) is 0 Å². The van der Waals surface area contributed by atoms with E-state index in [1.807, 2.05) is 12.3 Å². The van der Waals surface area contributed by atoms with Crippen LogP contribution in [0.5, 0.6) is 0 Å². The molecule has 4 nitrogen and oxygen atoms in total. The van der Waals surface area contributed by atoms with Crippen molar-refractivity contribution in [2.45, 2.75) is 38.1 Å². The minimum absolute atomic E-state index is 0.0358. The lowest BCUT2D eigenvalue weighted by atomic mass is 9.73. The molecule has 0 saturated heterocycles. The summed E-state index contributed by atoms with van der Waals surface area (Å²) in [5.74, 6) is -1.24. The summed E-state index contributed by atoms with van der Waals surface area (Å²) in [5.41, 5.74) is -0.560. The maximum atomic E-state index is 12.1. The van der Waals surface area contributed by atoms with Crippen molar-refractivity contribution in [3.05, 3.63) is 22.4 Å². The fourth-order valence-corrected chi connectivity index (χ4v) is 3.21. The molecule has 0 bridgehead atoms. The molecule has 0 radical (unpaired) electrons. The number of carboxylic acid groups (broad SMARTS) is 1. The second-order valence-corrected chi connectivity index (χ2v) is 5.67. The van der Waals surface area contributed by atoms with Gasteiger partial charge in [-0.15, -0.1) is 0 Å². The van der Waals surface area contributed by atoms with Gasteiger partial charge in [-0.1, -0.05) is 19.8 Å². The van der Waals surface area contributed by atoms with Crippen LogP contribution >= 0.6 is 11.3 Å². The van der Waals surface area contributed by atoms with Crippen LogP contribution in [0.25, 0.3) is 0 Å². The first kappa shape index (κ1) is 13.1. The zero-order chi connectivity index (χ0) is 13.2. The number of hydrogen-bond acceptors (Lipinski definition) is 3. The summed E-state index contributed by atoms with van der Waals surface area (Å²) in [5, 5.41) is 15.8. The predicted octanol–water partition coefficient (Wildman–Crippen LogP) is 2.51. The van der Waals surface area contributed by atoms with E-state index < -0.39 is 11.5 Å². The molecule has 1 fully saturated rings. The van der Waals surface area contributed by atoms with Crippen molar-refractivity contribution in [3.8, 4) is 0 Å². The Morgan fingerprint density at radius 1 is 1.50 bits per heavy atom. The Hall–Kier alpha value is -1.36. The van der Waals surface area contributed by atoms with Crippen LogP contribution in [0.3, 0.4) is 0 Å². The number of rotatable bonds is 3. The number of aliphatic carboxylic acids is 1. The minimum Gasteiger partial charge on any atom is -0.479 e. The van der Waals surface area contributed by atoms with Crippen LogP contribution in [0.15, 0.2) is 16.8 Å². The highest BCUT2D eigenvalue weighted by molar-refractivity contribution is 7.08. The number of amides is 1. The molecular formula is C13H17NO3S. The zero-order valence-electron chi connectivity index (χ0n) is 10.3. The van der Waals surface area contributed by atoms with E-state index in [2.05, 4.69) is 5.32 Å². The molecule has 1 aliphatic rings. The lowest BCUT2D eigenvalue weighted by Gasteiger charge is -2.39. The highest BCUT2D eigenvalue weighted by atomic mass is 32.1. The number of thiophene rings is 1. The van der Waals surface area contributed by atoms with Crippen molar-refractivity contribution in [1.29, 1.82) is 0 Å². The number of carboxylic acids is 1. The predicted molar refractivity (Wildman–Crippen MR) is 69.8 cm³/mol. The van der Waals surface area contributed by atoms with Crippen LogP contribution in [0.1, 0.15) is 43.0 Å². The molecule has 1 amide bonds. The summed E-state index contributed by atoms with van der Waals surface area (Å²) >= 11 is 1.43. The molecule has 1 aliphatic carbocycles. The third-order valence-corrected chi connectivity index (χ3v) is 4.48. The van der Waals surface area contributed by atoms with Crippen LogP contribution in [0, 0.1) is 5.92 Å². The Kier molecular flexibility index (Phi) is 3.71. The molecule has 0 aromatic carbocycles. The Balaban J connectivity index is 2.21. The molecule has 18 heavy (non-hydrogen) atoms. The van der Waals surface area contributed by atoms with Gasteiger partial charge in [-0.05, 0) is 30.2 Å². The monoisotopic (exact) mass is 267 g/mol.